The first-order valence-electron chi connectivity index (χ1n) is 9.01. The van der Waals surface area contributed by atoms with E-state index in [-0.39, 0.29) is 17.1 Å². The number of fused-ring (bicyclic) bond motifs is 4. The fourth-order valence-electron chi connectivity index (χ4n) is 4.74. The number of rotatable bonds is 3. The molecule has 5 rings (SSSR count). The van der Waals surface area contributed by atoms with E-state index in [9.17, 15) is 9.18 Å². The first-order valence-corrected chi connectivity index (χ1v) is 9.01. The van der Waals surface area contributed by atoms with E-state index in [4.69, 9.17) is 0 Å². The lowest BCUT2D eigenvalue weighted by molar-refractivity contribution is 0.0598. The van der Waals surface area contributed by atoms with Gasteiger partial charge in [0.25, 0.3) is 5.91 Å². The number of aryl methyl sites for hydroxylation is 1. The predicted octanol–water partition coefficient (Wildman–Crippen LogP) is 2.28. The van der Waals surface area contributed by atoms with Crippen LogP contribution in [0.15, 0.2) is 18.3 Å². The lowest BCUT2D eigenvalue weighted by Gasteiger charge is -2.46. The van der Waals surface area contributed by atoms with Crippen LogP contribution < -0.4 is 10.8 Å². The molecule has 3 nitrogen and oxygen atoms in total. The van der Waals surface area contributed by atoms with Gasteiger partial charge < -0.3 is 9.88 Å². The van der Waals surface area contributed by atoms with E-state index in [1.165, 1.54) is 44.6 Å². The van der Waals surface area contributed by atoms with Crippen LogP contribution in [0.4, 0.5) is 4.39 Å². The number of benzene rings is 1. The van der Waals surface area contributed by atoms with Crippen LogP contribution >= 0.6 is 0 Å². The second-order valence-electron chi connectivity index (χ2n) is 7.96. The highest BCUT2D eigenvalue weighted by atomic mass is 19.1. The van der Waals surface area contributed by atoms with Crippen molar-refractivity contribution < 1.29 is 9.18 Å². The van der Waals surface area contributed by atoms with Gasteiger partial charge in [-0.05, 0) is 62.0 Å². The zero-order valence-electron chi connectivity index (χ0n) is 14.5. The molecule has 0 radical (unpaired) electrons. The molecule has 3 aliphatic carbocycles. The lowest BCUT2D eigenvalue weighted by Crippen LogP contribution is -2.43. The Kier molecular flexibility index (Phi) is 3.70. The average molecular weight is 326 g/mol. The molecular weight excluding hydrogens is 302 g/mol. The SMILES string of the molecule is Bc1cc(F)c2c(C(=O)NCC34CCC(CC3)CC4)cn(C)c2c1. The summed E-state index contributed by atoms with van der Waals surface area (Å²) in [6.07, 6.45) is 9.33. The number of hydrogen-bond donors (Lipinski definition) is 1. The normalized spacial score (nSPS) is 26.0. The average Bonchev–Trinajstić information content (AvgIpc) is 2.92. The third-order valence-electron chi connectivity index (χ3n) is 6.30. The van der Waals surface area contributed by atoms with E-state index in [0.717, 1.165) is 23.4 Å². The maximum atomic E-state index is 14.4. The van der Waals surface area contributed by atoms with Crippen molar-refractivity contribution in [2.24, 2.45) is 18.4 Å². The topological polar surface area (TPSA) is 34.0 Å². The Bertz CT molecular complexity index is 792. The molecule has 0 spiro atoms. The Balaban J connectivity index is 1.58. The molecule has 0 saturated heterocycles. The van der Waals surface area contributed by atoms with Gasteiger partial charge in [-0.15, -0.1) is 0 Å². The molecule has 2 bridgehead atoms. The van der Waals surface area contributed by atoms with Gasteiger partial charge in [-0.2, -0.15) is 0 Å². The van der Waals surface area contributed by atoms with Crippen molar-refractivity contribution in [3.63, 3.8) is 0 Å². The molecule has 126 valence electrons. The molecule has 3 saturated carbocycles. The minimum Gasteiger partial charge on any atom is -0.351 e. The molecule has 3 fully saturated rings. The molecule has 2 aromatic rings. The van der Waals surface area contributed by atoms with Crippen LogP contribution in [0.25, 0.3) is 10.9 Å². The molecule has 1 amide bonds. The Labute approximate surface area is 143 Å². The molecule has 0 atom stereocenters. The fraction of sp³-hybridized carbons (Fsp3) is 0.526. The number of carbonyl (C=O) groups is 1. The van der Waals surface area contributed by atoms with Crippen LogP contribution in [0.2, 0.25) is 0 Å². The molecule has 0 unspecified atom stereocenters. The highest BCUT2D eigenvalue weighted by Gasteiger charge is 2.40. The summed E-state index contributed by atoms with van der Waals surface area (Å²) in [5.41, 5.74) is 2.37. The van der Waals surface area contributed by atoms with Gasteiger partial charge in [0.15, 0.2) is 0 Å². The molecule has 1 aromatic heterocycles. The third-order valence-corrected chi connectivity index (χ3v) is 6.30. The van der Waals surface area contributed by atoms with Gasteiger partial charge in [-0.3, -0.25) is 4.79 Å². The molecular formula is C19H24BFN2O. The van der Waals surface area contributed by atoms with Crippen LogP contribution in [0.5, 0.6) is 0 Å². The van der Waals surface area contributed by atoms with Crippen molar-refractivity contribution in [3.05, 3.63) is 29.7 Å². The second-order valence-corrected chi connectivity index (χ2v) is 7.96. The minimum atomic E-state index is -0.313. The highest BCUT2D eigenvalue weighted by molar-refractivity contribution is 6.33. The number of amides is 1. The van der Waals surface area contributed by atoms with Crippen LogP contribution in [-0.4, -0.2) is 24.9 Å². The van der Waals surface area contributed by atoms with Crippen LogP contribution in [0, 0.1) is 17.2 Å². The summed E-state index contributed by atoms with van der Waals surface area (Å²) in [5.74, 6) is 0.454. The monoisotopic (exact) mass is 326 g/mol. The number of hydrogen-bond acceptors (Lipinski definition) is 1. The summed E-state index contributed by atoms with van der Waals surface area (Å²) < 4.78 is 16.3. The van der Waals surface area contributed by atoms with Gasteiger partial charge in [0.1, 0.15) is 13.7 Å². The Morgan fingerprint density at radius 1 is 1.33 bits per heavy atom. The van der Waals surface area contributed by atoms with Crippen molar-refractivity contribution in [1.29, 1.82) is 0 Å². The summed E-state index contributed by atoms with van der Waals surface area (Å²) in [6.45, 7) is 0.725. The maximum absolute atomic E-state index is 14.4. The summed E-state index contributed by atoms with van der Waals surface area (Å²) in [6, 6.07) is 3.43. The lowest BCUT2D eigenvalue weighted by atomic mass is 9.61. The minimum absolute atomic E-state index is 0.148. The Morgan fingerprint density at radius 3 is 2.67 bits per heavy atom. The standard InChI is InChI=1S/C19H24BFN2O/c1-23-10-14(17-15(21)8-13(20)9-16(17)23)18(24)22-11-19-5-2-12(3-6-19)4-7-19/h8-10,12H,2-7,11,20H2,1H3,(H,22,24). The molecule has 5 heteroatoms. The number of nitrogens with one attached hydrogen (secondary N) is 1. The van der Waals surface area contributed by atoms with Crippen LogP contribution in [0.1, 0.15) is 48.9 Å². The van der Waals surface area contributed by atoms with E-state index in [2.05, 4.69) is 5.32 Å². The van der Waals surface area contributed by atoms with E-state index < -0.39 is 0 Å². The summed E-state index contributed by atoms with van der Waals surface area (Å²) >= 11 is 0. The first kappa shape index (κ1) is 15.7. The summed E-state index contributed by atoms with van der Waals surface area (Å²) in [5, 5.41) is 3.55. The van der Waals surface area contributed by atoms with E-state index in [1.54, 1.807) is 6.20 Å². The molecule has 24 heavy (non-hydrogen) atoms. The van der Waals surface area contributed by atoms with Crippen molar-refractivity contribution in [1.82, 2.24) is 9.88 Å². The Morgan fingerprint density at radius 2 is 2.00 bits per heavy atom. The first-order chi connectivity index (χ1) is 11.5. The van der Waals surface area contributed by atoms with Gasteiger partial charge >= 0.3 is 0 Å². The molecule has 0 aliphatic heterocycles. The van der Waals surface area contributed by atoms with Crippen LogP contribution in [-0.2, 0) is 7.05 Å². The van der Waals surface area contributed by atoms with Gasteiger partial charge in [-0.25, -0.2) is 4.39 Å². The van der Waals surface area contributed by atoms with E-state index in [0.29, 0.717) is 10.9 Å². The number of carbonyl (C=O) groups excluding carboxylic acids is 1. The highest BCUT2D eigenvalue weighted by Crippen LogP contribution is 2.49. The number of nitrogens with zero attached hydrogens (tertiary/aromatic N) is 1. The van der Waals surface area contributed by atoms with E-state index in [1.807, 2.05) is 25.5 Å². The van der Waals surface area contributed by atoms with Crippen LogP contribution in [0.3, 0.4) is 0 Å². The zero-order valence-corrected chi connectivity index (χ0v) is 14.5. The smallest absolute Gasteiger partial charge is 0.253 e. The second kappa shape index (κ2) is 5.64. The molecule has 1 N–H and O–H groups in total. The van der Waals surface area contributed by atoms with Gasteiger partial charge in [0.05, 0.1) is 11.1 Å². The fourth-order valence-corrected chi connectivity index (χ4v) is 4.74. The summed E-state index contributed by atoms with van der Waals surface area (Å²) in [4.78, 5) is 12.7. The molecule has 1 aromatic carbocycles. The van der Waals surface area contributed by atoms with E-state index >= 15 is 0 Å². The molecule has 3 aliphatic rings. The van der Waals surface area contributed by atoms with Crippen molar-refractivity contribution in [3.8, 4) is 0 Å². The van der Waals surface area contributed by atoms with Gasteiger partial charge in [0, 0.05) is 25.2 Å². The summed E-state index contributed by atoms with van der Waals surface area (Å²) in [7, 11) is 3.73. The van der Waals surface area contributed by atoms with Gasteiger partial charge in [-0.1, -0.05) is 5.46 Å². The molecule has 1 heterocycles. The van der Waals surface area contributed by atoms with Crippen molar-refractivity contribution in [2.45, 2.75) is 38.5 Å². The predicted molar refractivity (Wildman–Crippen MR) is 97.0 cm³/mol. The maximum Gasteiger partial charge on any atom is 0.253 e. The van der Waals surface area contributed by atoms with Gasteiger partial charge in [0.2, 0.25) is 0 Å². The van der Waals surface area contributed by atoms with Crippen molar-refractivity contribution >= 4 is 30.1 Å². The largest absolute Gasteiger partial charge is 0.351 e. The van der Waals surface area contributed by atoms with Crippen molar-refractivity contribution in [2.75, 3.05) is 6.54 Å². The quantitative estimate of drug-likeness (QED) is 0.863. The Hall–Kier alpha value is -1.78. The third kappa shape index (κ3) is 2.54. The number of halogens is 1. The number of aromatic nitrogens is 1. The zero-order chi connectivity index (χ0) is 16.9.